The fraction of sp³-hybridized carbons (Fsp3) is 0.0870. The van der Waals surface area contributed by atoms with Crippen molar-refractivity contribution in [1.29, 1.82) is 0 Å². The van der Waals surface area contributed by atoms with E-state index >= 15 is 0 Å². The van der Waals surface area contributed by atoms with Gasteiger partial charge in [0.05, 0.1) is 10.6 Å². The SMILES string of the molecule is Cc1c(OCc2c(F)cccc2Cl)ccc2c1O/C(=C\c1ccccc1F)C2=O. The molecule has 4 rings (SSSR count). The highest BCUT2D eigenvalue weighted by atomic mass is 35.5. The van der Waals surface area contributed by atoms with E-state index in [9.17, 15) is 13.6 Å². The lowest BCUT2D eigenvalue weighted by Crippen LogP contribution is -2.01. The minimum Gasteiger partial charge on any atom is -0.488 e. The molecular formula is C23H15ClF2O3. The molecule has 0 aromatic heterocycles. The lowest BCUT2D eigenvalue weighted by Gasteiger charge is -2.12. The number of rotatable bonds is 4. The molecule has 6 heteroatoms. The first kappa shape index (κ1) is 19.2. The van der Waals surface area contributed by atoms with E-state index in [4.69, 9.17) is 21.1 Å². The zero-order valence-corrected chi connectivity index (χ0v) is 16.1. The molecule has 0 unspecified atom stereocenters. The summed E-state index contributed by atoms with van der Waals surface area (Å²) < 4.78 is 39.3. The molecule has 0 atom stereocenters. The van der Waals surface area contributed by atoms with Crippen LogP contribution in [0.2, 0.25) is 5.02 Å². The number of allylic oxidation sites excluding steroid dienone is 1. The Kier molecular flexibility index (Phi) is 5.07. The number of halogens is 3. The Morgan fingerprint density at radius 1 is 1.03 bits per heavy atom. The van der Waals surface area contributed by atoms with Crippen LogP contribution in [0.25, 0.3) is 6.08 Å². The van der Waals surface area contributed by atoms with Crippen molar-refractivity contribution in [2.24, 2.45) is 0 Å². The number of hydrogen-bond donors (Lipinski definition) is 0. The topological polar surface area (TPSA) is 35.5 Å². The highest BCUT2D eigenvalue weighted by Gasteiger charge is 2.30. The summed E-state index contributed by atoms with van der Waals surface area (Å²) in [5.74, 6) is -0.442. The molecule has 0 amide bonds. The van der Waals surface area contributed by atoms with Crippen molar-refractivity contribution in [2.75, 3.05) is 0 Å². The van der Waals surface area contributed by atoms with Crippen LogP contribution in [0.3, 0.4) is 0 Å². The van der Waals surface area contributed by atoms with Crippen molar-refractivity contribution in [3.63, 3.8) is 0 Å². The molecule has 29 heavy (non-hydrogen) atoms. The number of hydrogen-bond acceptors (Lipinski definition) is 3. The Balaban J connectivity index is 1.61. The van der Waals surface area contributed by atoms with Crippen molar-refractivity contribution < 1.29 is 23.0 Å². The highest BCUT2D eigenvalue weighted by Crippen LogP contribution is 2.39. The molecule has 0 bridgehead atoms. The minimum atomic E-state index is -0.460. The van der Waals surface area contributed by atoms with Crippen molar-refractivity contribution in [3.8, 4) is 11.5 Å². The molecule has 0 radical (unpaired) electrons. The van der Waals surface area contributed by atoms with Gasteiger partial charge in [-0.1, -0.05) is 35.9 Å². The van der Waals surface area contributed by atoms with E-state index in [1.807, 2.05) is 0 Å². The number of benzene rings is 3. The Bertz CT molecular complexity index is 1130. The molecule has 3 nitrogen and oxygen atoms in total. The maximum atomic E-state index is 13.9. The minimum absolute atomic E-state index is 0.0301. The van der Waals surface area contributed by atoms with E-state index in [1.165, 1.54) is 24.3 Å². The van der Waals surface area contributed by atoms with Crippen LogP contribution in [0, 0.1) is 18.6 Å². The fourth-order valence-electron chi connectivity index (χ4n) is 3.08. The molecule has 1 heterocycles. The van der Waals surface area contributed by atoms with Crippen molar-refractivity contribution in [1.82, 2.24) is 0 Å². The molecule has 1 aliphatic rings. The van der Waals surface area contributed by atoms with Gasteiger partial charge in [-0.2, -0.15) is 0 Å². The van der Waals surface area contributed by atoms with E-state index in [0.717, 1.165) is 0 Å². The van der Waals surface area contributed by atoms with Crippen LogP contribution in [0.4, 0.5) is 8.78 Å². The molecule has 1 aliphatic heterocycles. The van der Waals surface area contributed by atoms with Gasteiger partial charge in [-0.05, 0) is 43.3 Å². The van der Waals surface area contributed by atoms with Crippen LogP contribution in [0.15, 0.2) is 60.4 Å². The molecule has 0 saturated heterocycles. The Morgan fingerprint density at radius 2 is 1.79 bits per heavy atom. The normalized spacial score (nSPS) is 14.1. The first-order valence-corrected chi connectivity index (χ1v) is 9.21. The van der Waals surface area contributed by atoms with Gasteiger partial charge in [0.15, 0.2) is 5.76 Å². The summed E-state index contributed by atoms with van der Waals surface area (Å²) in [7, 11) is 0. The van der Waals surface area contributed by atoms with Crippen molar-refractivity contribution in [3.05, 3.63) is 99.3 Å². The van der Waals surface area contributed by atoms with Gasteiger partial charge in [0.1, 0.15) is 29.7 Å². The van der Waals surface area contributed by atoms with Crippen LogP contribution in [-0.4, -0.2) is 5.78 Å². The Hall–Kier alpha value is -3.18. The predicted octanol–water partition coefficient (Wildman–Crippen LogP) is 6.12. The summed E-state index contributed by atoms with van der Waals surface area (Å²) in [6, 6.07) is 13.7. The van der Waals surface area contributed by atoms with E-state index < -0.39 is 11.6 Å². The van der Waals surface area contributed by atoms with Gasteiger partial charge in [0.2, 0.25) is 5.78 Å². The van der Waals surface area contributed by atoms with Crippen LogP contribution in [0.1, 0.15) is 27.0 Å². The zero-order chi connectivity index (χ0) is 20.5. The smallest absolute Gasteiger partial charge is 0.231 e. The van der Waals surface area contributed by atoms with E-state index in [1.54, 1.807) is 43.3 Å². The molecule has 0 fully saturated rings. The number of carbonyl (C=O) groups excluding carboxylic acids is 1. The summed E-state index contributed by atoms with van der Waals surface area (Å²) in [4.78, 5) is 12.6. The second-order valence-electron chi connectivity index (χ2n) is 6.52. The van der Waals surface area contributed by atoms with E-state index in [-0.39, 0.29) is 34.3 Å². The summed E-state index contributed by atoms with van der Waals surface area (Å²) in [5, 5.41) is 0.269. The van der Waals surface area contributed by atoms with E-state index in [2.05, 4.69) is 0 Å². The summed E-state index contributed by atoms with van der Waals surface area (Å²) >= 11 is 6.03. The van der Waals surface area contributed by atoms with Gasteiger partial charge < -0.3 is 9.47 Å². The summed E-state index contributed by atoms with van der Waals surface area (Å²) in [6.07, 6.45) is 1.37. The standard InChI is InChI=1S/C23H15ClF2O3/c1-13-20(28-12-16-17(24)6-4-8-19(16)26)10-9-15-22(27)21(29-23(13)15)11-14-5-2-3-7-18(14)25/h2-11H,12H2,1H3/b21-11-. The Labute approximate surface area is 171 Å². The predicted molar refractivity (Wildman–Crippen MR) is 106 cm³/mol. The zero-order valence-electron chi connectivity index (χ0n) is 15.3. The lowest BCUT2D eigenvalue weighted by atomic mass is 10.1. The summed E-state index contributed by atoms with van der Waals surface area (Å²) in [5.41, 5.74) is 1.44. The molecule has 0 N–H and O–H groups in total. The van der Waals surface area contributed by atoms with Gasteiger partial charge in [-0.3, -0.25) is 4.79 Å². The lowest BCUT2D eigenvalue weighted by molar-refractivity contribution is 0.101. The molecular weight excluding hydrogens is 398 g/mol. The van der Waals surface area contributed by atoms with Gasteiger partial charge in [-0.25, -0.2) is 8.78 Å². The Morgan fingerprint density at radius 3 is 2.55 bits per heavy atom. The van der Waals surface area contributed by atoms with Gasteiger partial charge in [0.25, 0.3) is 0 Å². The van der Waals surface area contributed by atoms with Gasteiger partial charge >= 0.3 is 0 Å². The second kappa shape index (κ2) is 7.68. The molecule has 0 saturated carbocycles. The van der Waals surface area contributed by atoms with Crippen LogP contribution in [-0.2, 0) is 6.61 Å². The quantitative estimate of drug-likeness (QED) is 0.484. The summed E-state index contributed by atoms with van der Waals surface area (Å²) in [6.45, 7) is 1.66. The number of ether oxygens (including phenoxy) is 2. The van der Waals surface area contributed by atoms with Crippen LogP contribution >= 0.6 is 11.6 Å². The third-order valence-corrected chi connectivity index (χ3v) is 5.02. The molecule has 146 valence electrons. The fourth-order valence-corrected chi connectivity index (χ4v) is 3.30. The number of carbonyl (C=O) groups is 1. The largest absolute Gasteiger partial charge is 0.488 e. The third-order valence-electron chi connectivity index (χ3n) is 4.66. The first-order valence-electron chi connectivity index (χ1n) is 8.84. The molecule has 0 spiro atoms. The second-order valence-corrected chi connectivity index (χ2v) is 6.92. The van der Waals surface area contributed by atoms with Gasteiger partial charge in [-0.15, -0.1) is 0 Å². The average Bonchev–Trinajstić information content (AvgIpc) is 3.01. The monoisotopic (exact) mass is 412 g/mol. The molecule has 3 aromatic rings. The maximum absolute atomic E-state index is 13.9. The van der Waals surface area contributed by atoms with Crippen LogP contribution < -0.4 is 9.47 Å². The van der Waals surface area contributed by atoms with Crippen molar-refractivity contribution >= 4 is 23.5 Å². The maximum Gasteiger partial charge on any atom is 0.231 e. The average molecular weight is 413 g/mol. The molecule has 0 aliphatic carbocycles. The highest BCUT2D eigenvalue weighted by molar-refractivity contribution is 6.31. The van der Waals surface area contributed by atoms with Crippen LogP contribution in [0.5, 0.6) is 11.5 Å². The van der Waals surface area contributed by atoms with Gasteiger partial charge in [0, 0.05) is 16.7 Å². The number of fused-ring (bicyclic) bond motifs is 1. The van der Waals surface area contributed by atoms with Crippen molar-refractivity contribution in [2.45, 2.75) is 13.5 Å². The molecule has 3 aromatic carbocycles. The van der Waals surface area contributed by atoms with E-state index in [0.29, 0.717) is 22.6 Å². The number of Topliss-reactive ketones (excluding diaryl/α,β-unsaturated/α-hetero) is 1. The number of ketones is 1. The third kappa shape index (κ3) is 3.61. The first-order chi connectivity index (χ1) is 14.0.